The first-order chi connectivity index (χ1) is 16.8. The van der Waals surface area contributed by atoms with Gasteiger partial charge >= 0.3 is 0 Å². The molecule has 178 valence electrons. The largest absolute Gasteiger partial charge is 0.493 e. The van der Waals surface area contributed by atoms with Gasteiger partial charge in [0.2, 0.25) is 5.76 Å². The van der Waals surface area contributed by atoms with Gasteiger partial charge in [-0.3, -0.25) is 14.5 Å². The normalized spacial score (nSPS) is 14.9. The van der Waals surface area contributed by atoms with Crippen LogP contribution in [0.5, 0.6) is 11.5 Å². The minimum Gasteiger partial charge on any atom is -0.493 e. The third kappa shape index (κ3) is 3.74. The molecule has 4 aromatic rings. The van der Waals surface area contributed by atoms with Gasteiger partial charge in [0.15, 0.2) is 16.9 Å². The molecule has 5 rings (SSSR count). The fraction of sp³-hybridized carbons (Fsp3) is 0.214. The predicted octanol–water partition coefficient (Wildman–Crippen LogP) is 6.22. The summed E-state index contributed by atoms with van der Waals surface area (Å²) in [6.07, 6.45) is 0. The molecule has 0 saturated heterocycles. The molecule has 0 fully saturated rings. The molecule has 0 spiro atoms. The fourth-order valence-corrected chi connectivity index (χ4v) is 4.70. The average Bonchev–Trinajstić information content (AvgIpc) is 3.14. The summed E-state index contributed by atoms with van der Waals surface area (Å²) in [5.74, 6) is 0.709. The second-order valence-corrected chi connectivity index (χ2v) is 8.94. The maximum Gasteiger partial charge on any atom is 0.295 e. The number of hydrogen-bond acceptors (Lipinski definition) is 5. The number of benzene rings is 3. The van der Waals surface area contributed by atoms with Gasteiger partial charge in [-0.05, 0) is 68.3 Å². The van der Waals surface area contributed by atoms with E-state index in [0.717, 1.165) is 11.1 Å². The number of aryl methyl sites for hydroxylation is 2. The molecule has 1 atom stereocenters. The summed E-state index contributed by atoms with van der Waals surface area (Å²) in [4.78, 5) is 29.1. The van der Waals surface area contributed by atoms with Gasteiger partial charge in [0.25, 0.3) is 5.91 Å². The Morgan fingerprint density at radius 2 is 1.80 bits per heavy atom. The molecule has 2 heterocycles. The molecule has 35 heavy (non-hydrogen) atoms. The number of halogens is 1. The molecule has 1 unspecified atom stereocenters. The Bertz CT molecular complexity index is 1540. The molecular formula is C28H24ClNO5. The van der Waals surface area contributed by atoms with Crippen LogP contribution in [-0.4, -0.2) is 19.6 Å². The van der Waals surface area contributed by atoms with Crippen LogP contribution in [-0.2, 0) is 0 Å². The lowest BCUT2D eigenvalue weighted by atomic mass is 9.97. The third-order valence-electron chi connectivity index (χ3n) is 6.26. The number of methoxy groups -OCH3 is 1. The highest BCUT2D eigenvalue weighted by atomic mass is 35.5. The molecule has 0 bridgehead atoms. The van der Waals surface area contributed by atoms with E-state index in [1.54, 1.807) is 42.3 Å². The zero-order valence-corrected chi connectivity index (χ0v) is 20.6. The van der Waals surface area contributed by atoms with Crippen molar-refractivity contribution in [3.8, 4) is 11.5 Å². The van der Waals surface area contributed by atoms with E-state index in [9.17, 15) is 9.59 Å². The van der Waals surface area contributed by atoms with Gasteiger partial charge in [0.05, 0.1) is 30.7 Å². The van der Waals surface area contributed by atoms with E-state index in [4.69, 9.17) is 25.5 Å². The molecule has 7 heteroatoms. The lowest BCUT2D eigenvalue weighted by Crippen LogP contribution is -2.29. The van der Waals surface area contributed by atoms with Crippen LogP contribution in [0.4, 0.5) is 5.69 Å². The standard InChI is InChI=1S/C28H24ClNO5/c1-5-34-22-11-8-17(13-23(22)33-4)25-24-26(31)19-12-15(2)6-10-21(19)35-27(24)28(32)30(25)18-9-7-16(3)20(29)14-18/h6-14,25H,5H2,1-4H3. The molecule has 1 aliphatic rings. The Morgan fingerprint density at radius 1 is 1.00 bits per heavy atom. The van der Waals surface area contributed by atoms with Gasteiger partial charge in [0, 0.05) is 10.7 Å². The second kappa shape index (κ2) is 8.78. The molecular weight excluding hydrogens is 466 g/mol. The van der Waals surface area contributed by atoms with E-state index < -0.39 is 11.9 Å². The number of amides is 1. The number of ether oxygens (including phenoxy) is 2. The molecule has 1 aliphatic heterocycles. The molecule has 0 radical (unpaired) electrons. The average molecular weight is 490 g/mol. The Labute approximate surface area is 207 Å². The van der Waals surface area contributed by atoms with Crippen molar-refractivity contribution in [2.24, 2.45) is 0 Å². The molecule has 0 N–H and O–H groups in total. The Balaban J connectivity index is 1.79. The van der Waals surface area contributed by atoms with Crippen molar-refractivity contribution in [2.45, 2.75) is 26.8 Å². The van der Waals surface area contributed by atoms with E-state index in [-0.39, 0.29) is 16.8 Å². The van der Waals surface area contributed by atoms with Gasteiger partial charge in [0.1, 0.15) is 5.58 Å². The molecule has 1 amide bonds. The summed E-state index contributed by atoms with van der Waals surface area (Å²) in [6, 6.07) is 15.4. The Hall–Kier alpha value is -3.77. The van der Waals surface area contributed by atoms with E-state index >= 15 is 0 Å². The predicted molar refractivity (Wildman–Crippen MR) is 136 cm³/mol. The first-order valence-electron chi connectivity index (χ1n) is 11.3. The number of anilines is 1. The highest BCUT2D eigenvalue weighted by Crippen LogP contribution is 2.44. The van der Waals surface area contributed by atoms with Crippen LogP contribution in [0, 0.1) is 13.8 Å². The third-order valence-corrected chi connectivity index (χ3v) is 6.67. The van der Waals surface area contributed by atoms with Gasteiger partial charge in [-0.1, -0.05) is 35.4 Å². The smallest absolute Gasteiger partial charge is 0.295 e. The first-order valence-corrected chi connectivity index (χ1v) is 11.7. The van der Waals surface area contributed by atoms with Crippen LogP contribution < -0.4 is 19.8 Å². The lowest BCUT2D eigenvalue weighted by molar-refractivity contribution is 0.0971. The van der Waals surface area contributed by atoms with Crippen molar-refractivity contribution in [2.75, 3.05) is 18.6 Å². The van der Waals surface area contributed by atoms with Gasteiger partial charge < -0.3 is 13.9 Å². The van der Waals surface area contributed by atoms with Gasteiger partial charge in [-0.25, -0.2) is 0 Å². The first kappa shape index (κ1) is 23.0. The van der Waals surface area contributed by atoms with Crippen LogP contribution in [0.3, 0.4) is 0 Å². The molecule has 0 aliphatic carbocycles. The number of rotatable bonds is 5. The maximum absolute atomic E-state index is 13.8. The topological polar surface area (TPSA) is 69.0 Å². The number of carbonyl (C=O) groups excluding carboxylic acids is 1. The van der Waals surface area contributed by atoms with Gasteiger partial charge in [-0.15, -0.1) is 0 Å². The van der Waals surface area contributed by atoms with Crippen LogP contribution >= 0.6 is 11.6 Å². The fourth-order valence-electron chi connectivity index (χ4n) is 4.53. The Kier molecular flexibility index (Phi) is 5.77. The molecule has 1 aromatic heterocycles. The number of hydrogen-bond donors (Lipinski definition) is 0. The SMILES string of the molecule is CCOc1ccc(C2c3c(oc4ccc(C)cc4c3=O)C(=O)N2c2ccc(C)c(Cl)c2)cc1OC. The summed E-state index contributed by atoms with van der Waals surface area (Å²) in [5.41, 5.74) is 3.49. The summed E-state index contributed by atoms with van der Waals surface area (Å²) >= 11 is 6.42. The van der Waals surface area contributed by atoms with Crippen molar-refractivity contribution in [1.29, 1.82) is 0 Å². The maximum atomic E-state index is 13.8. The van der Waals surface area contributed by atoms with Crippen molar-refractivity contribution in [3.05, 3.63) is 97.9 Å². The van der Waals surface area contributed by atoms with E-state index in [1.165, 1.54) is 0 Å². The zero-order chi connectivity index (χ0) is 24.9. The summed E-state index contributed by atoms with van der Waals surface area (Å²) in [5, 5.41) is 0.956. The van der Waals surface area contributed by atoms with Crippen LogP contribution in [0.25, 0.3) is 11.0 Å². The number of nitrogens with zero attached hydrogens (tertiary/aromatic N) is 1. The van der Waals surface area contributed by atoms with Crippen LogP contribution in [0.1, 0.15) is 45.8 Å². The molecule has 6 nitrogen and oxygen atoms in total. The van der Waals surface area contributed by atoms with E-state index in [1.807, 2.05) is 45.0 Å². The number of fused-ring (bicyclic) bond motifs is 2. The monoisotopic (exact) mass is 489 g/mol. The van der Waals surface area contributed by atoms with Crippen molar-refractivity contribution in [3.63, 3.8) is 0 Å². The van der Waals surface area contributed by atoms with E-state index in [2.05, 4.69) is 0 Å². The molecule has 3 aromatic carbocycles. The minimum atomic E-state index is -0.734. The van der Waals surface area contributed by atoms with Crippen LogP contribution in [0.2, 0.25) is 5.02 Å². The number of carbonyl (C=O) groups is 1. The lowest BCUT2D eigenvalue weighted by Gasteiger charge is -2.26. The highest BCUT2D eigenvalue weighted by molar-refractivity contribution is 6.31. The van der Waals surface area contributed by atoms with Crippen LogP contribution in [0.15, 0.2) is 63.8 Å². The highest BCUT2D eigenvalue weighted by Gasteiger charge is 2.44. The van der Waals surface area contributed by atoms with Crippen molar-refractivity contribution < 1.29 is 18.7 Å². The molecule has 0 saturated carbocycles. The zero-order valence-electron chi connectivity index (χ0n) is 19.8. The van der Waals surface area contributed by atoms with Crippen molar-refractivity contribution >= 4 is 34.2 Å². The summed E-state index contributed by atoms with van der Waals surface area (Å²) < 4.78 is 17.3. The second-order valence-electron chi connectivity index (χ2n) is 8.53. The summed E-state index contributed by atoms with van der Waals surface area (Å²) in [6.45, 7) is 6.16. The summed E-state index contributed by atoms with van der Waals surface area (Å²) in [7, 11) is 1.55. The van der Waals surface area contributed by atoms with Crippen molar-refractivity contribution in [1.82, 2.24) is 0 Å². The quantitative estimate of drug-likeness (QED) is 0.333. The Morgan fingerprint density at radius 3 is 2.51 bits per heavy atom. The van der Waals surface area contributed by atoms with Gasteiger partial charge in [-0.2, -0.15) is 0 Å². The minimum absolute atomic E-state index is 0.0286. The van der Waals surface area contributed by atoms with E-state index in [0.29, 0.717) is 45.3 Å².